The molecule has 7 nitrogen and oxygen atoms in total. The number of ether oxygens (including phenoxy) is 1. The van der Waals surface area contributed by atoms with Crippen LogP contribution in [0.15, 0.2) is 0 Å². The van der Waals surface area contributed by atoms with Crippen LogP contribution >= 0.6 is 0 Å². The summed E-state index contributed by atoms with van der Waals surface area (Å²) in [4.78, 5) is 0. The Hall–Kier alpha value is -0.280. The van der Waals surface area contributed by atoms with Crippen molar-refractivity contribution in [2.45, 2.75) is 43.2 Å². The molecule has 0 spiro atoms. The van der Waals surface area contributed by atoms with Gasteiger partial charge in [0.05, 0.1) is 6.61 Å². The van der Waals surface area contributed by atoms with Gasteiger partial charge < -0.3 is 30.3 Å². The van der Waals surface area contributed by atoms with Gasteiger partial charge in [0.25, 0.3) is 0 Å². The normalized spacial score (nSPS) is 51.8. The van der Waals surface area contributed by atoms with Crippen molar-refractivity contribution in [3.63, 3.8) is 0 Å². The minimum atomic E-state index is -2.48. The zero-order valence-corrected chi connectivity index (χ0v) is 8.37. The average Bonchev–Trinajstić information content (AvgIpc) is 2.21. The summed E-state index contributed by atoms with van der Waals surface area (Å²) in [5.74, 6) is -2.20. The van der Waals surface area contributed by atoms with Crippen LogP contribution in [0.2, 0.25) is 0 Å². The van der Waals surface area contributed by atoms with Crippen molar-refractivity contribution < 1.29 is 30.3 Å². The van der Waals surface area contributed by atoms with Gasteiger partial charge in [-0.25, -0.2) is 0 Å². The number of hydrogen-bond donors (Lipinski definition) is 6. The molecule has 1 heterocycles. The number of nitrogens with two attached hydrogens (primary N) is 1. The Morgan fingerprint density at radius 3 is 2.27 bits per heavy atom. The highest BCUT2D eigenvalue weighted by Gasteiger charge is 2.60. The van der Waals surface area contributed by atoms with Crippen molar-refractivity contribution >= 4 is 0 Å². The molecule has 1 rings (SSSR count). The summed E-state index contributed by atoms with van der Waals surface area (Å²) in [5, 5.41) is 47.2. The summed E-state index contributed by atoms with van der Waals surface area (Å²) in [7, 11) is 0. The van der Waals surface area contributed by atoms with Crippen LogP contribution in [0.5, 0.6) is 0 Å². The monoisotopic (exact) mass is 223 g/mol. The van der Waals surface area contributed by atoms with E-state index in [0.29, 0.717) is 0 Å². The Bertz CT molecular complexity index is 235. The third-order valence-electron chi connectivity index (χ3n) is 2.79. The first-order valence-corrected chi connectivity index (χ1v) is 4.68. The van der Waals surface area contributed by atoms with Crippen LogP contribution in [0.3, 0.4) is 0 Å². The first kappa shape index (κ1) is 12.8. The van der Waals surface area contributed by atoms with E-state index >= 15 is 0 Å². The van der Waals surface area contributed by atoms with Gasteiger partial charge in [0.15, 0.2) is 5.72 Å². The summed E-state index contributed by atoms with van der Waals surface area (Å²) in [5.41, 5.74) is 2.83. The summed E-state index contributed by atoms with van der Waals surface area (Å²) in [6, 6.07) is 0. The molecule has 1 aliphatic heterocycles. The standard InChI is InChI=1S/C8H17NO6/c1-2-7(13)8(9,14)6(12)5(11)4(3-10)15-7/h4-6,10-14H,2-3,9H2,1H3/t4-,5-,6+,7?,8-/m1/s1. The van der Waals surface area contributed by atoms with Crippen LogP contribution in [-0.2, 0) is 4.74 Å². The highest BCUT2D eigenvalue weighted by molar-refractivity contribution is 5.03. The van der Waals surface area contributed by atoms with E-state index < -0.39 is 36.4 Å². The van der Waals surface area contributed by atoms with Crippen LogP contribution in [0, 0.1) is 0 Å². The molecule has 0 bridgehead atoms. The molecular weight excluding hydrogens is 206 g/mol. The molecule has 7 heteroatoms. The van der Waals surface area contributed by atoms with E-state index in [4.69, 9.17) is 15.6 Å². The molecule has 5 atom stereocenters. The lowest BCUT2D eigenvalue weighted by molar-refractivity contribution is -0.388. The van der Waals surface area contributed by atoms with E-state index in [1.54, 1.807) is 0 Å². The van der Waals surface area contributed by atoms with E-state index in [2.05, 4.69) is 0 Å². The second kappa shape index (κ2) is 3.95. The lowest BCUT2D eigenvalue weighted by atomic mass is 9.86. The van der Waals surface area contributed by atoms with Crippen molar-refractivity contribution in [2.75, 3.05) is 6.61 Å². The number of aliphatic hydroxyl groups is 5. The van der Waals surface area contributed by atoms with Gasteiger partial charge in [0, 0.05) is 6.42 Å². The van der Waals surface area contributed by atoms with Gasteiger partial charge >= 0.3 is 0 Å². The first-order valence-electron chi connectivity index (χ1n) is 4.68. The van der Waals surface area contributed by atoms with Gasteiger partial charge in [-0.3, -0.25) is 5.73 Å². The molecule has 0 aromatic carbocycles. The summed E-state index contributed by atoms with van der Waals surface area (Å²) >= 11 is 0. The molecule has 1 aliphatic rings. The van der Waals surface area contributed by atoms with E-state index in [1.165, 1.54) is 6.92 Å². The van der Waals surface area contributed by atoms with Crippen LogP contribution in [0.1, 0.15) is 13.3 Å². The maximum Gasteiger partial charge on any atom is 0.211 e. The molecule has 0 radical (unpaired) electrons. The fraction of sp³-hybridized carbons (Fsp3) is 1.00. The molecular formula is C8H17NO6. The summed E-state index contributed by atoms with van der Waals surface area (Å²) < 4.78 is 4.89. The largest absolute Gasteiger partial charge is 0.394 e. The summed E-state index contributed by atoms with van der Waals surface area (Å²) in [6.45, 7) is 0.882. The Kier molecular flexibility index (Phi) is 3.36. The Morgan fingerprint density at radius 1 is 1.33 bits per heavy atom. The van der Waals surface area contributed by atoms with Gasteiger partial charge in [0.1, 0.15) is 18.3 Å². The Morgan fingerprint density at radius 2 is 1.87 bits per heavy atom. The van der Waals surface area contributed by atoms with Gasteiger partial charge in [0.2, 0.25) is 5.79 Å². The molecule has 90 valence electrons. The zero-order chi connectivity index (χ0) is 11.9. The molecule has 15 heavy (non-hydrogen) atoms. The van der Waals surface area contributed by atoms with E-state index in [0.717, 1.165) is 0 Å². The van der Waals surface area contributed by atoms with Crippen molar-refractivity contribution in [2.24, 2.45) is 5.73 Å². The Labute approximate surface area is 86.7 Å². The number of hydrogen-bond acceptors (Lipinski definition) is 7. The minimum Gasteiger partial charge on any atom is -0.394 e. The molecule has 0 saturated carbocycles. The quantitative estimate of drug-likeness (QED) is 0.272. The van der Waals surface area contributed by atoms with Crippen molar-refractivity contribution in [3.05, 3.63) is 0 Å². The smallest absolute Gasteiger partial charge is 0.211 e. The van der Waals surface area contributed by atoms with Gasteiger partial charge in [-0.05, 0) is 0 Å². The lowest BCUT2D eigenvalue weighted by Gasteiger charge is -2.50. The summed E-state index contributed by atoms with van der Waals surface area (Å²) in [6.07, 6.45) is -4.64. The Balaban J connectivity index is 3.01. The SMILES string of the molecule is CCC1(O)O[C@H](CO)[C@@H](O)[C@H](O)[C@@]1(N)O. The third kappa shape index (κ3) is 1.76. The lowest BCUT2D eigenvalue weighted by Crippen LogP contribution is -2.76. The van der Waals surface area contributed by atoms with E-state index in [-0.39, 0.29) is 6.42 Å². The molecule has 0 aliphatic carbocycles. The van der Waals surface area contributed by atoms with Crippen LogP contribution < -0.4 is 5.73 Å². The van der Waals surface area contributed by atoms with Crippen molar-refractivity contribution in [3.8, 4) is 0 Å². The highest BCUT2D eigenvalue weighted by atomic mass is 16.7. The third-order valence-corrected chi connectivity index (χ3v) is 2.79. The number of aliphatic hydroxyl groups excluding tert-OH is 3. The van der Waals surface area contributed by atoms with Crippen LogP contribution in [0.25, 0.3) is 0 Å². The second-order valence-electron chi connectivity index (χ2n) is 3.74. The fourth-order valence-corrected chi connectivity index (χ4v) is 1.62. The van der Waals surface area contributed by atoms with E-state index in [1.807, 2.05) is 0 Å². The molecule has 0 aromatic heterocycles. The molecule has 1 unspecified atom stereocenters. The van der Waals surface area contributed by atoms with E-state index in [9.17, 15) is 20.4 Å². The predicted molar refractivity (Wildman–Crippen MR) is 48.4 cm³/mol. The maximum atomic E-state index is 9.82. The van der Waals surface area contributed by atoms with Gasteiger partial charge in [-0.1, -0.05) is 6.92 Å². The first-order chi connectivity index (χ1) is 6.80. The predicted octanol–water partition coefficient (Wildman–Crippen LogP) is -3.15. The van der Waals surface area contributed by atoms with Crippen molar-refractivity contribution in [1.29, 1.82) is 0 Å². The van der Waals surface area contributed by atoms with Crippen LogP contribution in [-0.4, -0.2) is 62.0 Å². The molecule has 1 saturated heterocycles. The zero-order valence-electron chi connectivity index (χ0n) is 8.37. The van der Waals surface area contributed by atoms with Gasteiger partial charge in [-0.2, -0.15) is 0 Å². The van der Waals surface area contributed by atoms with Crippen molar-refractivity contribution in [1.82, 2.24) is 0 Å². The average molecular weight is 223 g/mol. The molecule has 0 aromatic rings. The molecule has 7 N–H and O–H groups in total. The highest BCUT2D eigenvalue weighted by Crippen LogP contribution is 2.35. The topological polar surface area (TPSA) is 136 Å². The maximum absolute atomic E-state index is 9.82. The van der Waals surface area contributed by atoms with Gasteiger partial charge in [-0.15, -0.1) is 0 Å². The van der Waals surface area contributed by atoms with Crippen LogP contribution in [0.4, 0.5) is 0 Å². The molecule has 1 fully saturated rings. The molecule has 0 amide bonds. The minimum absolute atomic E-state index is 0.0969. The second-order valence-corrected chi connectivity index (χ2v) is 3.74. The fourth-order valence-electron chi connectivity index (χ4n) is 1.62. The number of rotatable bonds is 2.